The maximum Gasteiger partial charge on any atom is 0.364 e. The molecule has 9 nitrogen and oxygen atoms in total. The predicted molar refractivity (Wildman–Crippen MR) is 127 cm³/mol. The van der Waals surface area contributed by atoms with Gasteiger partial charge in [-0.2, -0.15) is 10.1 Å². The second-order valence-electron chi connectivity index (χ2n) is 7.01. The first-order chi connectivity index (χ1) is 16.5. The van der Waals surface area contributed by atoms with Crippen LogP contribution in [-0.4, -0.2) is 32.3 Å². The Hall–Kier alpha value is -4.24. The highest BCUT2D eigenvalue weighted by Crippen LogP contribution is 2.23. The number of halogens is 1. The quantitative estimate of drug-likeness (QED) is 0.371. The fourth-order valence-electron chi connectivity index (χ4n) is 2.97. The van der Waals surface area contributed by atoms with Gasteiger partial charge in [-0.3, -0.25) is 4.79 Å². The summed E-state index contributed by atoms with van der Waals surface area (Å²) in [4.78, 5) is 32.8. The van der Waals surface area contributed by atoms with E-state index in [4.69, 9.17) is 21.1 Å². The predicted octanol–water partition coefficient (Wildman–Crippen LogP) is 4.45. The van der Waals surface area contributed by atoms with Crippen molar-refractivity contribution in [1.29, 1.82) is 0 Å². The van der Waals surface area contributed by atoms with Crippen LogP contribution >= 0.6 is 11.6 Å². The summed E-state index contributed by atoms with van der Waals surface area (Å²) in [6, 6.07) is 19.5. The summed E-state index contributed by atoms with van der Waals surface area (Å²) in [5, 5.41) is 7.88. The summed E-state index contributed by atoms with van der Waals surface area (Å²) in [6.07, 6.45) is 1.64. The molecule has 0 unspecified atom stereocenters. The van der Waals surface area contributed by atoms with E-state index in [1.807, 2.05) is 18.2 Å². The van der Waals surface area contributed by atoms with Crippen molar-refractivity contribution in [3.8, 4) is 11.6 Å². The van der Waals surface area contributed by atoms with Crippen LogP contribution in [0.1, 0.15) is 23.0 Å². The maximum atomic E-state index is 12.5. The summed E-state index contributed by atoms with van der Waals surface area (Å²) >= 11 is 5.98. The minimum atomic E-state index is -0.826. The van der Waals surface area contributed by atoms with Crippen molar-refractivity contribution < 1.29 is 14.3 Å². The van der Waals surface area contributed by atoms with Crippen LogP contribution < -0.4 is 15.6 Å². The van der Waals surface area contributed by atoms with Crippen molar-refractivity contribution in [2.45, 2.75) is 13.5 Å². The molecule has 172 valence electrons. The van der Waals surface area contributed by atoms with Crippen LogP contribution in [0.4, 0.5) is 11.6 Å². The Labute approximate surface area is 200 Å². The molecule has 2 aromatic carbocycles. The smallest absolute Gasteiger partial charge is 0.364 e. The van der Waals surface area contributed by atoms with E-state index >= 15 is 0 Å². The summed E-state index contributed by atoms with van der Waals surface area (Å²) in [6.45, 7) is 2.00. The number of carbonyl (C=O) groups excluding carboxylic acids is 1. The van der Waals surface area contributed by atoms with Crippen molar-refractivity contribution in [3.63, 3.8) is 0 Å². The number of nitrogens with zero attached hydrogens (tertiary/aromatic N) is 4. The van der Waals surface area contributed by atoms with Crippen LogP contribution in [-0.2, 0) is 11.3 Å². The molecule has 0 saturated heterocycles. The van der Waals surface area contributed by atoms with E-state index < -0.39 is 11.5 Å². The molecule has 2 aromatic heterocycles. The average molecular weight is 478 g/mol. The molecule has 0 saturated carbocycles. The zero-order valence-corrected chi connectivity index (χ0v) is 18.9. The summed E-state index contributed by atoms with van der Waals surface area (Å²) in [7, 11) is 0. The number of benzene rings is 2. The summed E-state index contributed by atoms with van der Waals surface area (Å²) < 4.78 is 12.1. The van der Waals surface area contributed by atoms with Crippen molar-refractivity contribution in [2.75, 3.05) is 11.9 Å². The van der Waals surface area contributed by atoms with Gasteiger partial charge in [0.25, 0.3) is 0 Å². The number of hydrogen-bond acceptors (Lipinski definition) is 8. The fourth-order valence-corrected chi connectivity index (χ4v) is 3.10. The molecule has 0 atom stereocenters. The van der Waals surface area contributed by atoms with Crippen molar-refractivity contribution in [1.82, 2.24) is 19.7 Å². The SMILES string of the molecule is CCOC(=O)c1nn(Cc2ccc(Cl)cc2)c(Nc2ccc(Oc3ccccn3)cc2)nc1=O. The molecule has 10 heteroatoms. The van der Waals surface area contributed by atoms with E-state index in [1.165, 1.54) is 4.68 Å². The lowest BCUT2D eigenvalue weighted by atomic mass is 10.2. The van der Waals surface area contributed by atoms with E-state index in [0.717, 1.165) is 5.56 Å². The third-order valence-electron chi connectivity index (χ3n) is 4.56. The molecule has 1 N–H and O–H groups in total. The van der Waals surface area contributed by atoms with E-state index in [1.54, 1.807) is 61.7 Å². The number of anilines is 2. The van der Waals surface area contributed by atoms with Crippen molar-refractivity contribution in [3.05, 3.63) is 99.6 Å². The number of nitrogens with one attached hydrogen (secondary N) is 1. The normalized spacial score (nSPS) is 10.5. The van der Waals surface area contributed by atoms with E-state index in [0.29, 0.717) is 22.3 Å². The summed E-state index contributed by atoms with van der Waals surface area (Å²) in [5.41, 5.74) is 0.305. The van der Waals surface area contributed by atoms with Crippen molar-refractivity contribution >= 4 is 29.2 Å². The lowest BCUT2D eigenvalue weighted by Gasteiger charge is -2.14. The molecule has 4 rings (SSSR count). The lowest BCUT2D eigenvalue weighted by molar-refractivity contribution is 0.0514. The van der Waals surface area contributed by atoms with E-state index in [9.17, 15) is 9.59 Å². The van der Waals surface area contributed by atoms with Gasteiger partial charge in [0.1, 0.15) is 5.75 Å². The monoisotopic (exact) mass is 477 g/mol. The Morgan fingerprint density at radius 1 is 1.06 bits per heavy atom. The standard InChI is InChI=1S/C24H20ClN5O4/c1-2-33-23(32)21-22(31)28-24(30(29-21)15-16-6-8-17(25)9-7-16)27-18-10-12-19(13-11-18)34-20-5-3-4-14-26-20/h3-14H,2,15H2,1H3,(H,27,28,31). The Kier molecular flexibility index (Phi) is 7.14. The molecule has 0 radical (unpaired) electrons. The second-order valence-corrected chi connectivity index (χ2v) is 7.45. The highest BCUT2D eigenvalue weighted by atomic mass is 35.5. The number of carbonyl (C=O) groups is 1. The summed E-state index contributed by atoms with van der Waals surface area (Å²) in [5.74, 6) is 0.394. The zero-order valence-electron chi connectivity index (χ0n) is 18.1. The van der Waals surface area contributed by atoms with Gasteiger partial charge in [0.15, 0.2) is 0 Å². The first-order valence-electron chi connectivity index (χ1n) is 10.4. The second kappa shape index (κ2) is 10.6. The Balaban J connectivity index is 1.61. The molecular weight excluding hydrogens is 458 g/mol. The van der Waals surface area contributed by atoms with Gasteiger partial charge in [0.2, 0.25) is 17.5 Å². The highest BCUT2D eigenvalue weighted by molar-refractivity contribution is 6.30. The van der Waals surface area contributed by atoms with Crippen LogP contribution in [0.25, 0.3) is 0 Å². The van der Waals surface area contributed by atoms with Gasteiger partial charge in [0, 0.05) is 23.0 Å². The number of rotatable bonds is 8. The van der Waals surface area contributed by atoms with E-state index in [2.05, 4.69) is 20.4 Å². The van der Waals surface area contributed by atoms with Gasteiger partial charge >= 0.3 is 11.5 Å². The zero-order chi connectivity index (χ0) is 23.9. The van der Waals surface area contributed by atoms with Crippen LogP contribution in [0.2, 0.25) is 5.02 Å². The molecule has 0 aliphatic heterocycles. The van der Waals surface area contributed by atoms with Crippen LogP contribution in [0.3, 0.4) is 0 Å². The number of pyridine rings is 1. The molecule has 34 heavy (non-hydrogen) atoms. The molecule has 0 spiro atoms. The van der Waals surface area contributed by atoms with Gasteiger partial charge in [-0.1, -0.05) is 29.8 Å². The molecule has 0 bridgehead atoms. The minimum absolute atomic E-state index is 0.115. The number of esters is 1. The Morgan fingerprint density at radius 3 is 2.50 bits per heavy atom. The number of aromatic nitrogens is 4. The fraction of sp³-hybridized carbons (Fsp3) is 0.125. The van der Waals surface area contributed by atoms with Gasteiger partial charge < -0.3 is 14.8 Å². The van der Waals surface area contributed by atoms with Crippen LogP contribution in [0, 0.1) is 0 Å². The van der Waals surface area contributed by atoms with Gasteiger partial charge in [-0.25, -0.2) is 14.5 Å². The first-order valence-corrected chi connectivity index (χ1v) is 10.8. The molecule has 0 aliphatic carbocycles. The molecule has 0 fully saturated rings. The third-order valence-corrected chi connectivity index (χ3v) is 4.81. The lowest BCUT2D eigenvalue weighted by Crippen LogP contribution is -2.28. The number of hydrogen-bond donors (Lipinski definition) is 1. The van der Waals surface area contributed by atoms with Gasteiger partial charge in [0.05, 0.1) is 13.2 Å². The van der Waals surface area contributed by atoms with Gasteiger partial charge in [-0.15, -0.1) is 0 Å². The van der Waals surface area contributed by atoms with Crippen molar-refractivity contribution in [2.24, 2.45) is 0 Å². The molecule has 2 heterocycles. The largest absolute Gasteiger partial charge is 0.461 e. The average Bonchev–Trinajstić information content (AvgIpc) is 2.84. The minimum Gasteiger partial charge on any atom is -0.461 e. The third kappa shape index (κ3) is 5.76. The number of ether oxygens (including phenoxy) is 2. The van der Waals surface area contributed by atoms with Crippen LogP contribution in [0.5, 0.6) is 11.6 Å². The Bertz CT molecular complexity index is 1330. The molecule has 0 aliphatic rings. The van der Waals surface area contributed by atoms with Gasteiger partial charge in [-0.05, 0) is 55.0 Å². The Morgan fingerprint density at radius 2 is 1.82 bits per heavy atom. The highest BCUT2D eigenvalue weighted by Gasteiger charge is 2.19. The van der Waals surface area contributed by atoms with Crippen LogP contribution in [0.15, 0.2) is 77.7 Å². The first kappa shape index (κ1) is 22.9. The van der Waals surface area contributed by atoms with E-state index in [-0.39, 0.29) is 24.8 Å². The molecule has 0 amide bonds. The topological polar surface area (TPSA) is 108 Å². The maximum absolute atomic E-state index is 12.5. The molecule has 4 aromatic rings. The molecular formula is C24H20ClN5O4.